The van der Waals surface area contributed by atoms with E-state index in [2.05, 4.69) is 0 Å². The van der Waals surface area contributed by atoms with Gasteiger partial charge in [0.25, 0.3) is 0 Å². The number of carbonyl (C=O) groups is 2. The summed E-state index contributed by atoms with van der Waals surface area (Å²) in [6.07, 6.45) is 1.99. The molecule has 2 nitrogen and oxygen atoms in total. The van der Waals surface area contributed by atoms with Crippen molar-refractivity contribution in [2.75, 3.05) is 0 Å². The summed E-state index contributed by atoms with van der Waals surface area (Å²) >= 11 is 0. The van der Waals surface area contributed by atoms with E-state index < -0.39 is 0 Å². The Labute approximate surface area is 83.9 Å². The number of aldehydes is 1. The summed E-state index contributed by atoms with van der Waals surface area (Å²) in [5, 5.41) is 0. The van der Waals surface area contributed by atoms with Gasteiger partial charge in [-0.3, -0.25) is 9.59 Å². The maximum atomic E-state index is 11.5. The second-order valence-corrected chi connectivity index (χ2v) is 3.13. The van der Waals surface area contributed by atoms with Crippen molar-refractivity contribution >= 4 is 12.1 Å². The fourth-order valence-electron chi connectivity index (χ4n) is 1.49. The lowest BCUT2D eigenvalue weighted by atomic mass is 9.97. The summed E-state index contributed by atoms with van der Waals surface area (Å²) in [7, 11) is 0. The molecule has 0 spiro atoms. The van der Waals surface area contributed by atoms with Crippen molar-refractivity contribution in [3.8, 4) is 0 Å². The Morgan fingerprint density at radius 1 is 1.36 bits per heavy atom. The maximum Gasteiger partial charge on any atom is 0.163 e. The zero-order chi connectivity index (χ0) is 10.6. The Bertz CT molecular complexity index is 353. The third kappa shape index (κ3) is 1.90. The summed E-state index contributed by atoms with van der Waals surface area (Å²) in [6.45, 7) is 3.78. The van der Waals surface area contributed by atoms with E-state index in [-0.39, 0.29) is 5.78 Å². The average molecular weight is 190 g/mol. The molecule has 0 unspecified atom stereocenters. The minimum Gasteiger partial charge on any atom is -0.298 e. The highest BCUT2D eigenvalue weighted by Crippen LogP contribution is 2.15. The summed E-state index contributed by atoms with van der Waals surface area (Å²) in [4.78, 5) is 22.4. The molecule has 0 N–H and O–H groups in total. The van der Waals surface area contributed by atoms with Gasteiger partial charge in [-0.25, -0.2) is 0 Å². The minimum atomic E-state index is 0.0300. The molecule has 0 aromatic heterocycles. The van der Waals surface area contributed by atoms with Gasteiger partial charge in [0.1, 0.15) is 0 Å². The Balaban J connectivity index is 3.28. The number of rotatable bonds is 4. The van der Waals surface area contributed by atoms with E-state index in [4.69, 9.17) is 0 Å². The number of aryl methyl sites for hydroxylation is 1. The fraction of sp³-hybridized carbons (Fsp3) is 0.333. The molecule has 0 atom stereocenters. The molecule has 74 valence electrons. The highest BCUT2D eigenvalue weighted by atomic mass is 16.1. The first-order valence-electron chi connectivity index (χ1n) is 4.84. The minimum absolute atomic E-state index is 0.0300. The van der Waals surface area contributed by atoms with Crippen molar-refractivity contribution in [3.63, 3.8) is 0 Å². The second-order valence-electron chi connectivity index (χ2n) is 3.13. The lowest BCUT2D eigenvalue weighted by Gasteiger charge is -2.06. The fourth-order valence-corrected chi connectivity index (χ4v) is 1.49. The van der Waals surface area contributed by atoms with Crippen molar-refractivity contribution in [2.24, 2.45) is 0 Å². The number of Topliss-reactive ketones (excluding diaryl/α,β-unsaturated/α-hetero) is 1. The van der Waals surface area contributed by atoms with E-state index in [1.54, 1.807) is 13.0 Å². The van der Waals surface area contributed by atoms with Crippen LogP contribution in [0.15, 0.2) is 18.2 Å². The maximum absolute atomic E-state index is 11.5. The largest absolute Gasteiger partial charge is 0.298 e. The topological polar surface area (TPSA) is 34.1 Å². The van der Waals surface area contributed by atoms with Crippen LogP contribution in [0, 0.1) is 0 Å². The molecule has 0 fully saturated rings. The van der Waals surface area contributed by atoms with Crippen molar-refractivity contribution in [1.29, 1.82) is 0 Å². The van der Waals surface area contributed by atoms with Gasteiger partial charge in [-0.15, -0.1) is 0 Å². The van der Waals surface area contributed by atoms with E-state index in [1.165, 1.54) is 0 Å². The first-order valence-corrected chi connectivity index (χ1v) is 4.84. The van der Waals surface area contributed by atoms with Gasteiger partial charge in [0.05, 0.1) is 0 Å². The van der Waals surface area contributed by atoms with Crippen LogP contribution in [0.5, 0.6) is 0 Å². The van der Waals surface area contributed by atoms with Crippen LogP contribution in [0.4, 0.5) is 0 Å². The molecule has 0 radical (unpaired) electrons. The van der Waals surface area contributed by atoms with Crippen molar-refractivity contribution < 1.29 is 9.59 Å². The smallest absolute Gasteiger partial charge is 0.163 e. The Kier molecular flexibility index (Phi) is 3.57. The number of ketones is 1. The molecule has 0 saturated carbocycles. The molecule has 0 heterocycles. The number of benzene rings is 1. The van der Waals surface area contributed by atoms with Crippen LogP contribution < -0.4 is 0 Å². The monoisotopic (exact) mass is 190 g/mol. The summed E-state index contributed by atoms with van der Waals surface area (Å²) in [5.74, 6) is 0.0300. The molecule has 0 aliphatic heterocycles. The normalized spacial score (nSPS) is 9.86. The molecule has 1 rings (SSSR count). The molecule has 0 saturated heterocycles. The standard InChI is InChI=1S/C12H14O2/c1-3-9-6-5-7-10(11(9)8-13)12(14)4-2/h5-8H,3-4H2,1-2H3. The van der Waals surface area contributed by atoms with Crippen LogP contribution in [0.2, 0.25) is 0 Å². The first-order chi connectivity index (χ1) is 6.74. The van der Waals surface area contributed by atoms with Crippen molar-refractivity contribution in [2.45, 2.75) is 26.7 Å². The molecule has 1 aromatic rings. The van der Waals surface area contributed by atoms with Gasteiger partial charge in [0, 0.05) is 17.5 Å². The summed E-state index contributed by atoms with van der Waals surface area (Å²) in [6, 6.07) is 5.43. The van der Waals surface area contributed by atoms with Gasteiger partial charge in [0.15, 0.2) is 12.1 Å². The third-order valence-corrected chi connectivity index (χ3v) is 2.32. The Morgan fingerprint density at radius 2 is 2.07 bits per heavy atom. The van der Waals surface area contributed by atoms with Gasteiger partial charge in [-0.1, -0.05) is 32.0 Å². The predicted octanol–water partition coefficient (Wildman–Crippen LogP) is 2.65. The molecule has 0 bridgehead atoms. The van der Waals surface area contributed by atoms with Gasteiger partial charge >= 0.3 is 0 Å². The lowest BCUT2D eigenvalue weighted by molar-refractivity contribution is 0.0981. The van der Waals surface area contributed by atoms with Gasteiger partial charge in [0.2, 0.25) is 0 Å². The van der Waals surface area contributed by atoms with Crippen LogP contribution in [-0.4, -0.2) is 12.1 Å². The SMILES string of the molecule is CCC(=O)c1cccc(CC)c1C=O. The van der Waals surface area contributed by atoms with Crippen LogP contribution >= 0.6 is 0 Å². The van der Waals surface area contributed by atoms with Gasteiger partial charge in [-0.05, 0) is 12.0 Å². The van der Waals surface area contributed by atoms with Crippen molar-refractivity contribution in [3.05, 3.63) is 34.9 Å². The molecule has 1 aromatic carbocycles. The van der Waals surface area contributed by atoms with E-state index in [1.807, 2.05) is 19.1 Å². The van der Waals surface area contributed by atoms with E-state index in [9.17, 15) is 9.59 Å². The van der Waals surface area contributed by atoms with Gasteiger partial charge in [-0.2, -0.15) is 0 Å². The van der Waals surface area contributed by atoms with E-state index in [0.29, 0.717) is 17.5 Å². The van der Waals surface area contributed by atoms with Crippen LogP contribution in [-0.2, 0) is 6.42 Å². The lowest BCUT2D eigenvalue weighted by Crippen LogP contribution is -2.04. The first kappa shape index (κ1) is 10.6. The molecule has 0 amide bonds. The molecule has 0 aliphatic rings. The van der Waals surface area contributed by atoms with E-state index >= 15 is 0 Å². The van der Waals surface area contributed by atoms with Crippen LogP contribution in [0.25, 0.3) is 0 Å². The number of hydrogen-bond donors (Lipinski definition) is 0. The molecule has 14 heavy (non-hydrogen) atoms. The quantitative estimate of drug-likeness (QED) is 0.540. The average Bonchev–Trinajstić information content (AvgIpc) is 2.26. The zero-order valence-corrected chi connectivity index (χ0v) is 8.54. The van der Waals surface area contributed by atoms with Crippen LogP contribution in [0.3, 0.4) is 0 Å². The molecule has 2 heteroatoms. The molecular weight excluding hydrogens is 176 g/mol. The molecule has 0 aliphatic carbocycles. The van der Waals surface area contributed by atoms with E-state index in [0.717, 1.165) is 18.3 Å². The van der Waals surface area contributed by atoms with Crippen LogP contribution in [0.1, 0.15) is 46.5 Å². The molecular formula is C12H14O2. The Hall–Kier alpha value is -1.44. The number of hydrogen-bond acceptors (Lipinski definition) is 2. The zero-order valence-electron chi connectivity index (χ0n) is 8.54. The van der Waals surface area contributed by atoms with Crippen molar-refractivity contribution in [1.82, 2.24) is 0 Å². The number of carbonyl (C=O) groups excluding carboxylic acids is 2. The highest BCUT2D eigenvalue weighted by Gasteiger charge is 2.11. The summed E-state index contributed by atoms with van der Waals surface area (Å²) < 4.78 is 0. The van der Waals surface area contributed by atoms with Gasteiger partial charge < -0.3 is 0 Å². The second kappa shape index (κ2) is 4.70. The predicted molar refractivity (Wildman–Crippen MR) is 55.8 cm³/mol. The highest BCUT2D eigenvalue weighted by molar-refractivity contribution is 6.03. The summed E-state index contributed by atoms with van der Waals surface area (Å²) in [5.41, 5.74) is 2.06. The third-order valence-electron chi connectivity index (χ3n) is 2.32. The Morgan fingerprint density at radius 3 is 2.57 bits per heavy atom.